The van der Waals surface area contributed by atoms with E-state index in [4.69, 9.17) is 18.9 Å². The Balaban J connectivity index is 0.00000380. The maximum Gasteiger partial charge on any atom is 0.247 e. The molecule has 1 saturated carbocycles. The van der Waals surface area contributed by atoms with E-state index in [1.165, 1.54) is 38.1 Å². The smallest absolute Gasteiger partial charge is 0.247 e. The van der Waals surface area contributed by atoms with E-state index in [1.54, 1.807) is 0 Å². The number of nitrogens with one attached hydrogen (secondary N) is 1. The SMILES string of the molecule is CC(=O)[C@H]1O[C@@H](Oc2ccc(/C=C(\C)C(=O)N[C@H]3[C@@H](O)[C@H](O)[C@@H]4OCO[C@@H]4[C@H]3O)cc2O)[C@@H](O)[C@@H]1O.Cl. The number of phenolic OH excluding ortho intramolecular Hbond substituents is 1. The number of aliphatic hydroxyl groups excluding tert-OH is 5. The largest absolute Gasteiger partial charge is 0.504 e. The Morgan fingerprint density at radius 1 is 0.973 bits per heavy atom. The van der Waals surface area contributed by atoms with Crippen molar-refractivity contribution in [2.75, 3.05) is 6.79 Å². The van der Waals surface area contributed by atoms with Crippen LogP contribution in [-0.2, 0) is 23.8 Å². The maximum absolute atomic E-state index is 12.7. The number of fused-ring (bicyclic) bond motifs is 1. The van der Waals surface area contributed by atoms with E-state index in [1.807, 2.05) is 0 Å². The zero-order chi connectivity index (χ0) is 26.3. The number of carbonyl (C=O) groups excluding carboxylic acids is 2. The predicted molar refractivity (Wildman–Crippen MR) is 126 cm³/mol. The Morgan fingerprint density at radius 2 is 1.62 bits per heavy atom. The molecule has 0 radical (unpaired) electrons. The molecule has 2 heterocycles. The molecular formula is C23H30ClNO12. The molecule has 14 heteroatoms. The monoisotopic (exact) mass is 547 g/mol. The van der Waals surface area contributed by atoms with Crippen LogP contribution >= 0.6 is 12.4 Å². The zero-order valence-corrected chi connectivity index (χ0v) is 20.6. The van der Waals surface area contributed by atoms with E-state index in [9.17, 15) is 40.2 Å². The molecule has 37 heavy (non-hydrogen) atoms. The van der Waals surface area contributed by atoms with Crippen molar-refractivity contribution >= 4 is 30.2 Å². The highest BCUT2D eigenvalue weighted by molar-refractivity contribution is 5.97. The van der Waals surface area contributed by atoms with E-state index < -0.39 is 72.9 Å². The van der Waals surface area contributed by atoms with Gasteiger partial charge < -0.3 is 54.9 Å². The Hall–Kier alpha value is -2.33. The molecule has 2 saturated heterocycles. The second-order valence-corrected chi connectivity index (χ2v) is 9.04. The first kappa shape index (κ1) is 29.2. The summed E-state index contributed by atoms with van der Waals surface area (Å²) in [6.45, 7) is 2.52. The van der Waals surface area contributed by atoms with Gasteiger partial charge in [-0.15, -0.1) is 12.4 Å². The van der Waals surface area contributed by atoms with Crippen molar-refractivity contribution in [2.24, 2.45) is 0 Å². The maximum atomic E-state index is 12.7. The number of benzene rings is 1. The molecule has 0 unspecified atom stereocenters. The van der Waals surface area contributed by atoms with Gasteiger partial charge in [0.15, 0.2) is 17.3 Å². The number of aliphatic hydroxyl groups is 5. The van der Waals surface area contributed by atoms with Crippen molar-refractivity contribution in [3.8, 4) is 11.5 Å². The number of Topliss-reactive ketones (excluding diaryl/α,β-unsaturated/α-hetero) is 1. The number of hydrogen-bond acceptors (Lipinski definition) is 12. The summed E-state index contributed by atoms with van der Waals surface area (Å²) >= 11 is 0. The van der Waals surface area contributed by atoms with Gasteiger partial charge in [-0.25, -0.2) is 0 Å². The Labute approximate surface area is 217 Å². The second-order valence-electron chi connectivity index (χ2n) is 9.04. The van der Waals surface area contributed by atoms with Crippen molar-refractivity contribution < 1.29 is 59.2 Å². The van der Waals surface area contributed by atoms with Gasteiger partial charge in [0, 0.05) is 5.57 Å². The highest BCUT2D eigenvalue weighted by Crippen LogP contribution is 2.33. The molecular weight excluding hydrogens is 518 g/mol. The molecule has 3 aliphatic rings. The van der Waals surface area contributed by atoms with Gasteiger partial charge in [0.1, 0.15) is 55.6 Å². The quantitative estimate of drug-likeness (QED) is 0.192. The minimum atomic E-state index is -1.51. The zero-order valence-electron chi connectivity index (χ0n) is 19.8. The number of halogens is 1. The van der Waals surface area contributed by atoms with Gasteiger partial charge in [-0.1, -0.05) is 6.07 Å². The third-order valence-electron chi connectivity index (χ3n) is 6.49. The second kappa shape index (κ2) is 11.6. The molecule has 4 rings (SSSR count). The summed E-state index contributed by atoms with van der Waals surface area (Å²) in [5.41, 5.74) is 0.545. The van der Waals surface area contributed by atoms with Crippen LogP contribution in [0.2, 0.25) is 0 Å². The number of aromatic hydroxyl groups is 1. The summed E-state index contributed by atoms with van der Waals surface area (Å²) in [6.07, 6.45) is -10.2. The van der Waals surface area contributed by atoms with Gasteiger partial charge in [-0.3, -0.25) is 9.59 Å². The number of phenols is 1. The Kier molecular flexibility index (Phi) is 9.16. The first-order valence-electron chi connectivity index (χ1n) is 11.3. The van der Waals surface area contributed by atoms with Crippen molar-refractivity contribution in [3.63, 3.8) is 0 Å². The molecule has 1 amide bonds. The molecule has 0 aromatic heterocycles. The molecule has 7 N–H and O–H groups in total. The molecule has 13 nitrogen and oxygen atoms in total. The first-order valence-corrected chi connectivity index (χ1v) is 11.3. The summed E-state index contributed by atoms with van der Waals surface area (Å²) in [5.74, 6) is -1.59. The number of rotatable bonds is 6. The average Bonchev–Trinajstić information content (AvgIpc) is 3.43. The van der Waals surface area contributed by atoms with E-state index in [2.05, 4.69) is 5.32 Å². The lowest BCUT2D eigenvalue weighted by Gasteiger charge is -2.41. The standard InChI is InChI=1S/C23H29NO12.ClH/c1-8(22(32)24-13-14(27)16(29)21-20(15(13)28)33-7-34-21)5-10-3-4-12(11(26)6-10)35-23-18(31)17(30)19(36-23)9(2)25;/h3-6,13-21,23,26-31H,7H2,1-2H3,(H,24,32);1H/b8-5+;/t13-,14+,15-,16-,17-,18-,19+,20+,21-,23+;/m0./s1. The third-order valence-corrected chi connectivity index (χ3v) is 6.49. The molecule has 1 aromatic rings. The van der Waals surface area contributed by atoms with E-state index in [0.29, 0.717) is 5.56 Å². The number of hydrogen-bond donors (Lipinski definition) is 7. The van der Waals surface area contributed by atoms with Crippen molar-refractivity contribution in [2.45, 2.75) is 75.0 Å². The van der Waals surface area contributed by atoms with Crippen molar-refractivity contribution in [3.05, 3.63) is 29.3 Å². The van der Waals surface area contributed by atoms with Gasteiger partial charge in [0.25, 0.3) is 0 Å². The third kappa shape index (κ3) is 5.74. The molecule has 1 aliphatic carbocycles. The topological polar surface area (TPSA) is 204 Å². The van der Waals surface area contributed by atoms with Crippen LogP contribution in [0.25, 0.3) is 6.08 Å². The number of ether oxygens (including phenoxy) is 4. The summed E-state index contributed by atoms with van der Waals surface area (Å²) in [7, 11) is 0. The van der Waals surface area contributed by atoms with Gasteiger partial charge in [0.2, 0.25) is 12.2 Å². The highest BCUT2D eigenvalue weighted by atomic mass is 35.5. The van der Waals surface area contributed by atoms with Crippen LogP contribution in [0.15, 0.2) is 23.8 Å². The summed E-state index contributed by atoms with van der Waals surface area (Å²) in [5, 5.41) is 63.9. The summed E-state index contributed by atoms with van der Waals surface area (Å²) < 4.78 is 21.1. The fraction of sp³-hybridized carbons (Fsp3) is 0.565. The molecule has 206 valence electrons. The lowest BCUT2D eigenvalue weighted by molar-refractivity contribution is -0.155. The van der Waals surface area contributed by atoms with E-state index in [-0.39, 0.29) is 36.3 Å². The predicted octanol–water partition coefficient (Wildman–Crippen LogP) is -2.05. The van der Waals surface area contributed by atoms with E-state index >= 15 is 0 Å². The minimum Gasteiger partial charge on any atom is -0.504 e. The number of amides is 1. The number of ketones is 1. The highest BCUT2D eigenvalue weighted by Gasteiger charge is 2.53. The molecule has 0 bridgehead atoms. The fourth-order valence-corrected chi connectivity index (χ4v) is 4.46. The molecule has 0 spiro atoms. The van der Waals surface area contributed by atoms with Gasteiger partial charge in [-0.05, 0) is 37.6 Å². The average molecular weight is 548 g/mol. The molecule has 3 fully saturated rings. The normalized spacial score (nSPS) is 37.4. The van der Waals surface area contributed by atoms with Crippen LogP contribution in [0.1, 0.15) is 19.4 Å². The Bertz CT molecular complexity index is 1040. The molecule has 2 aliphatic heterocycles. The fourth-order valence-electron chi connectivity index (χ4n) is 4.46. The number of carbonyl (C=O) groups is 2. The van der Waals surface area contributed by atoms with Crippen LogP contribution in [0.4, 0.5) is 0 Å². The van der Waals surface area contributed by atoms with Crippen LogP contribution in [0.3, 0.4) is 0 Å². The minimum absolute atomic E-state index is 0. The lowest BCUT2D eigenvalue weighted by atomic mass is 9.83. The van der Waals surface area contributed by atoms with Crippen molar-refractivity contribution in [1.29, 1.82) is 0 Å². The molecule has 1 aromatic carbocycles. The van der Waals surface area contributed by atoms with Crippen LogP contribution < -0.4 is 10.1 Å². The van der Waals surface area contributed by atoms with E-state index in [0.717, 1.165) is 0 Å². The van der Waals surface area contributed by atoms with Gasteiger partial charge in [0.05, 0.1) is 6.04 Å². The van der Waals surface area contributed by atoms with Crippen LogP contribution in [-0.4, -0.2) is 110 Å². The first-order chi connectivity index (χ1) is 17.0. The lowest BCUT2D eigenvalue weighted by Crippen LogP contribution is -2.67. The van der Waals surface area contributed by atoms with Gasteiger partial charge >= 0.3 is 0 Å². The summed E-state index contributed by atoms with van der Waals surface area (Å²) in [6, 6.07) is 2.90. The van der Waals surface area contributed by atoms with Crippen molar-refractivity contribution in [1.82, 2.24) is 5.32 Å². The summed E-state index contributed by atoms with van der Waals surface area (Å²) in [4.78, 5) is 24.2. The van der Waals surface area contributed by atoms with Crippen LogP contribution in [0, 0.1) is 0 Å². The van der Waals surface area contributed by atoms with Crippen LogP contribution in [0.5, 0.6) is 11.5 Å². The van der Waals surface area contributed by atoms with Gasteiger partial charge in [-0.2, -0.15) is 0 Å². The Morgan fingerprint density at radius 3 is 2.22 bits per heavy atom. The molecule has 10 atom stereocenters.